The zero-order valence-corrected chi connectivity index (χ0v) is 12.3. The summed E-state index contributed by atoms with van der Waals surface area (Å²) in [5, 5.41) is 4.91. The van der Waals surface area contributed by atoms with Crippen LogP contribution in [-0.4, -0.2) is 58.8 Å². The Bertz CT molecular complexity index is 381. The number of nitrogens with zero attached hydrogens (tertiary/aromatic N) is 1. The van der Waals surface area contributed by atoms with Gasteiger partial charge in [0.15, 0.2) is 0 Å². The molecule has 0 amide bonds. The fraction of sp³-hybridized carbons (Fsp3) is 1.00. The molecule has 7 N–H and O–H groups in total. The van der Waals surface area contributed by atoms with E-state index in [9.17, 15) is 4.57 Å². The van der Waals surface area contributed by atoms with Gasteiger partial charge in [0.2, 0.25) is 0 Å². The number of fused-ring (bicyclic) bond motifs is 1. The lowest BCUT2D eigenvalue weighted by Gasteiger charge is -2.39. The van der Waals surface area contributed by atoms with Crippen LogP contribution in [0.2, 0.25) is 0 Å². The van der Waals surface area contributed by atoms with Crippen LogP contribution in [0, 0.1) is 5.92 Å². The maximum atomic E-state index is 10.8. The topological polar surface area (TPSA) is 143 Å². The third-order valence-electron chi connectivity index (χ3n) is 3.61. The van der Waals surface area contributed by atoms with Crippen molar-refractivity contribution in [1.29, 1.82) is 0 Å². The third kappa shape index (κ3) is 4.20. The summed E-state index contributed by atoms with van der Waals surface area (Å²) < 4.78 is 21.7. The van der Waals surface area contributed by atoms with Crippen molar-refractivity contribution in [2.24, 2.45) is 17.5 Å². The number of hydrazine groups is 1. The maximum Gasteiger partial charge on any atom is 0.350 e. The third-order valence-corrected chi connectivity index (χ3v) is 4.09. The predicted octanol–water partition coefficient (Wildman–Crippen LogP) is -1.68. The molecule has 0 aromatic heterocycles. The molecule has 0 aliphatic carbocycles. The molecule has 0 aromatic rings. The van der Waals surface area contributed by atoms with Crippen molar-refractivity contribution in [3.05, 3.63) is 0 Å². The van der Waals surface area contributed by atoms with Gasteiger partial charge in [-0.05, 0) is 13.3 Å². The predicted molar refractivity (Wildman–Crippen MR) is 71.1 cm³/mol. The van der Waals surface area contributed by atoms with E-state index in [1.807, 2.05) is 0 Å². The summed E-state index contributed by atoms with van der Waals surface area (Å²) in [7, 11) is -4.13. The largest absolute Gasteiger partial charge is 0.366 e. The standard InChI is InChI=1S/C10H23N4O5P/c1-6(18-5-20(15,16)17)2-7-3-13-10-9(7)19-8(11)4-14(10)12/h6-10,13H,2-5,11-12H2,1H3,(H2,15,16,17). The molecule has 0 spiro atoms. The van der Waals surface area contributed by atoms with Crippen molar-refractivity contribution >= 4 is 7.60 Å². The Balaban J connectivity index is 1.85. The SMILES string of the molecule is CC(CC1CNC2C1OC(N)CN2N)OCP(=O)(O)O. The molecule has 10 heteroatoms. The van der Waals surface area contributed by atoms with Gasteiger partial charge in [0.05, 0.1) is 18.8 Å². The van der Waals surface area contributed by atoms with Crippen LogP contribution in [0.1, 0.15) is 13.3 Å². The Hall–Kier alpha value is -0.0900. The van der Waals surface area contributed by atoms with E-state index in [0.29, 0.717) is 19.5 Å². The molecule has 2 rings (SSSR count). The Labute approximate surface area is 117 Å². The van der Waals surface area contributed by atoms with Gasteiger partial charge in [-0.3, -0.25) is 15.7 Å². The van der Waals surface area contributed by atoms with Gasteiger partial charge in [0.1, 0.15) is 18.7 Å². The molecule has 2 fully saturated rings. The molecule has 118 valence electrons. The first-order valence-corrected chi connectivity index (χ1v) is 8.38. The molecule has 0 radical (unpaired) electrons. The number of ether oxygens (including phenoxy) is 2. The lowest BCUT2D eigenvalue weighted by atomic mass is 9.97. The maximum absolute atomic E-state index is 10.8. The highest BCUT2D eigenvalue weighted by molar-refractivity contribution is 7.51. The van der Waals surface area contributed by atoms with Crippen LogP contribution in [0.3, 0.4) is 0 Å². The fourth-order valence-electron chi connectivity index (χ4n) is 2.76. The summed E-state index contributed by atoms with van der Waals surface area (Å²) in [6.07, 6.45) is -0.852. The average Bonchev–Trinajstić information content (AvgIpc) is 2.69. The van der Waals surface area contributed by atoms with Gasteiger partial charge in [0.25, 0.3) is 0 Å². The lowest BCUT2D eigenvalue weighted by Crippen LogP contribution is -2.62. The van der Waals surface area contributed by atoms with Crippen LogP contribution in [0.4, 0.5) is 0 Å². The first kappa shape index (κ1) is 16.3. The molecular formula is C10H23N4O5P. The Morgan fingerprint density at radius 2 is 2.30 bits per heavy atom. The van der Waals surface area contributed by atoms with Crippen molar-refractivity contribution in [2.45, 2.75) is 37.9 Å². The van der Waals surface area contributed by atoms with Crippen LogP contribution in [0.15, 0.2) is 0 Å². The zero-order chi connectivity index (χ0) is 14.9. The van der Waals surface area contributed by atoms with Crippen LogP contribution in [0.5, 0.6) is 0 Å². The molecule has 0 saturated carbocycles. The van der Waals surface area contributed by atoms with E-state index >= 15 is 0 Å². The second-order valence-corrected chi connectivity index (χ2v) is 7.04. The molecule has 9 nitrogen and oxygen atoms in total. The van der Waals surface area contributed by atoms with Gasteiger partial charge in [-0.25, -0.2) is 5.01 Å². The minimum absolute atomic E-state index is 0.0752. The van der Waals surface area contributed by atoms with E-state index < -0.39 is 20.2 Å². The minimum Gasteiger partial charge on any atom is -0.366 e. The number of rotatable bonds is 5. The van der Waals surface area contributed by atoms with Gasteiger partial charge in [-0.2, -0.15) is 0 Å². The quantitative estimate of drug-likeness (QED) is 0.297. The molecular weight excluding hydrogens is 287 g/mol. The van der Waals surface area contributed by atoms with Gasteiger partial charge in [0, 0.05) is 12.5 Å². The van der Waals surface area contributed by atoms with Gasteiger partial charge in [-0.1, -0.05) is 0 Å². The van der Waals surface area contributed by atoms with Gasteiger partial charge in [-0.15, -0.1) is 0 Å². The number of hydrogen-bond acceptors (Lipinski definition) is 7. The number of nitrogens with one attached hydrogen (secondary N) is 1. The molecule has 5 unspecified atom stereocenters. The number of nitrogens with two attached hydrogens (primary N) is 2. The first-order chi connectivity index (χ1) is 9.26. The summed E-state index contributed by atoms with van der Waals surface area (Å²) in [6.45, 7) is 2.95. The van der Waals surface area contributed by atoms with Crippen LogP contribution in [-0.2, 0) is 14.0 Å². The second-order valence-electron chi connectivity index (χ2n) is 5.46. The van der Waals surface area contributed by atoms with E-state index in [0.717, 1.165) is 0 Å². The van der Waals surface area contributed by atoms with Gasteiger partial charge < -0.3 is 25.0 Å². The Morgan fingerprint density at radius 1 is 1.60 bits per heavy atom. The molecule has 0 bridgehead atoms. The van der Waals surface area contributed by atoms with Crippen molar-refractivity contribution in [2.75, 3.05) is 19.4 Å². The van der Waals surface area contributed by atoms with E-state index in [2.05, 4.69) is 5.32 Å². The molecule has 5 atom stereocenters. The van der Waals surface area contributed by atoms with E-state index in [1.165, 1.54) is 0 Å². The van der Waals surface area contributed by atoms with E-state index in [4.69, 9.17) is 30.8 Å². The molecule has 0 aromatic carbocycles. The highest BCUT2D eigenvalue weighted by Crippen LogP contribution is 2.35. The Morgan fingerprint density at radius 3 is 2.95 bits per heavy atom. The van der Waals surface area contributed by atoms with E-state index in [1.54, 1.807) is 11.9 Å². The van der Waals surface area contributed by atoms with Crippen molar-refractivity contribution in [3.63, 3.8) is 0 Å². The summed E-state index contributed by atoms with van der Waals surface area (Å²) in [4.78, 5) is 17.6. The number of morpholine rings is 1. The monoisotopic (exact) mass is 310 g/mol. The Kier molecular flexibility index (Phi) is 5.17. The number of hydrogen-bond donors (Lipinski definition) is 5. The molecule has 20 heavy (non-hydrogen) atoms. The second kappa shape index (κ2) is 6.35. The first-order valence-electron chi connectivity index (χ1n) is 6.58. The van der Waals surface area contributed by atoms with Gasteiger partial charge >= 0.3 is 7.60 Å². The van der Waals surface area contributed by atoms with Crippen LogP contribution in [0.25, 0.3) is 0 Å². The summed E-state index contributed by atoms with van der Waals surface area (Å²) in [6, 6.07) is 0. The van der Waals surface area contributed by atoms with E-state index in [-0.39, 0.29) is 24.3 Å². The lowest BCUT2D eigenvalue weighted by molar-refractivity contribution is -0.128. The van der Waals surface area contributed by atoms with Crippen molar-refractivity contribution < 1.29 is 23.8 Å². The minimum atomic E-state index is -4.13. The highest BCUT2D eigenvalue weighted by atomic mass is 31.2. The molecule has 2 heterocycles. The highest BCUT2D eigenvalue weighted by Gasteiger charge is 2.44. The van der Waals surface area contributed by atoms with Crippen LogP contribution >= 0.6 is 7.60 Å². The molecule has 2 saturated heterocycles. The van der Waals surface area contributed by atoms with Crippen molar-refractivity contribution in [3.8, 4) is 0 Å². The molecule has 2 aliphatic rings. The zero-order valence-electron chi connectivity index (χ0n) is 11.4. The van der Waals surface area contributed by atoms with Crippen LogP contribution < -0.4 is 16.9 Å². The average molecular weight is 310 g/mol. The molecule has 2 aliphatic heterocycles. The smallest absolute Gasteiger partial charge is 0.350 e. The fourth-order valence-corrected chi connectivity index (χ4v) is 3.20. The summed E-state index contributed by atoms with van der Waals surface area (Å²) in [5.74, 6) is 6.04. The summed E-state index contributed by atoms with van der Waals surface area (Å²) >= 11 is 0. The van der Waals surface area contributed by atoms with Crippen molar-refractivity contribution in [1.82, 2.24) is 10.3 Å². The normalized spacial score (nSPS) is 36.9. The summed E-state index contributed by atoms with van der Waals surface area (Å²) in [5.41, 5.74) is 5.78.